The van der Waals surface area contributed by atoms with Crippen molar-refractivity contribution in [2.75, 3.05) is 38.2 Å². The van der Waals surface area contributed by atoms with E-state index < -0.39 is 0 Å². The van der Waals surface area contributed by atoms with E-state index in [0.29, 0.717) is 25.0 Å². The summed E-state index contributed by atoms with van der Waals surface area (Å²) in [5.74, 6) is 0.629. The maximum atomic E-state index is 11.1. The number of nitrogens with one attached hydrogen (secondary N) is 2. The van der Waals surface area contributed by atoms with Gasteiger partial charge in [-0.1, -0.05) is 0 Å². The van der Waals surface area contributed by atoms with Gasteiger partial charge >= 0.3 is 0 Å². The maximum Gasteiger partial charge on any atom is 0.230 e. The monoisotopic (exact) mass is 232 g/mol. The van der Waals surface area contributed by atoms with Crippen LogP contribution in [0.4, 0.5) is 0 Å². The normalized spacial score (nSPS) is 17.7. The Bertz CT molecular complexity index is 184. The number of ether oxygens (including phenoxy) is 1. The molecule has 1 rings (SSSR count). The van der Waals surface area contributed by atoms with Crippen LogP contribution in [-0.4, -0.2) is 50.3 Å². The maximum absolute atomic E-state index is 11.1. The number of carbonyl (C=O) groups excluding carboxylic acids is 1. The molecular weight excluding hydrogens is 212 g/mol. The van der Waals surface area contributed by atoms with Gasteiger partial charge in [-0.2, -0.15) is 11.8 Å². The molecule has 0 radical (unpaired) electrons. The molecule has 0 aromatic heterocycles. The van der Waals surface area contributed by atoms with Crippen molar-refractivity contribution >= 4 is 17.7 Å². The molecule has 0 saturated carbocycles. The molecule has 0 spiro atoms. The van der Waals surface area contributed by atoms with Gasteiger partial charge in [0.25, 0.3) is 0 Å². The predicted octanol–water partition coefficient (Wildman–Crippen LogP) is 0.234. The van der Waals surface area contributed by atoms with Gasteiger partial charge in [-0.25, -0.2) is 0 Å². The summed E-state index contributed by atoms with van der Waals surface area (Å²) in [7, 11) is 0. The zero-order valence-electron chi connectivity index (χ0n) is 9.25. The summed E-state index contributed by atoms with van der Waals surface area (Å²) >= 11 is 1.53. The lowest BCUT2D eigenvalue weighted by molar-refractivity contribution is -0.118. The van der Waals surface area contributed by atoms with Crippen molar-refractivity contribution in [2.45, 2.75) is 18.9 Å². The van der Waals surface area contributed by atoms with E-state index in [9.17, 15) is 4.79 Å². The van der Waals surface area contributed by atoms with E-state index >= 15 is 0 Å². The highest BCUT2D eigenvalue weighted by Crippen LogP contribution is 2.06. The SMILES string of the molecule is CSCC(=O)NCCOC1CCNCC1. The highest BCUT2D eigenvalue weighted by molar-refractivity contribution is 7.99. The fraction of sp³-hybridized carbons (Fsp3) is 0.900. The van der Waals surface area contributed by atoms with Crippen molar-refractivity contribution in [3.05, 3.63) is 0 Å². The zero-order valence-corrected chi connectivity index (χ0v) is 10.1. The first kappa shape index (κ1) is 12.8. The number of amides is 1. The Balaban J connectivity index is 1.93. The topological polar surface area (TPSA) is 50.4 Å². The van der Waals surface area contributed by atoms with Gasteiger partial charge in [0.15, 0.2) is 0 Å². The van der Waals surface area contributed by atoms with E-state index in [1.54, 1.807) is 0 Å². The average molecular weight is 232 g/mol. The predicted molar refractivity (Wildman–Crippen MR) is 63.2 cm³/mol. The summed E-state index contributed by atoms with van der Waals surface area (Å²) in [5.41, 5.74) is 0. The summed E-state index contributed by atoms with van der Waals surface area (Å²) in [5, 5.41) is 6.11. The Morgan fingerprint density at radius 3 is 2.93 bits per heavy atom. The standard InChI is InChI=1S/C10H20N2O2S/c1-15-8-10(13)12-6-7-14-9-2-4-11-5-3-9/h9,11H,2-8H2,1H3,(H,12,13). The molecular formula is C10H20N2O2S. The van der Waals surface area contributed by atoms with Crippen LogP contribution in [0.25, 0.3) is 0 Å². The summed E-state index contributed by atoms with van der Waals surface area (Å²) < 4.78 is 5.65. The molecule has 1 fully saturated rings. The van der Waals surface area contributed by atoms with E-state index in [4.69, 9.17) is 4.74 Å². The van der Waals surface area contributed by atoms with Crippen LogP contribution < -0.4 is 10.6 Å². The molecule has 1 aliphatic heterocycles. The molecule has 1 heterocycles. The third kappa shape index (κ3) is 6.02. The van der Waals surface area contributed by atoms with Gasteiger partial charge in [0.2, 0.25) is 5.91 Å². The zero-order chi connectivity index (χ0) is 10.9. The minimum Gasteiger partial charge on any atom is -0.376 e. The van der Waals surface area contributed by atoms with Crippen LogP contribution in [0.3, 0.4) is 0 Å². The van der Waals surface area contributed by atoms with Gasteiger partial charge in [-0.15, -0.1) is 0 Å². The summed E-state index contributed by atoms with van der Waals surface area (Å²) in [6.45, 7) is 3.35. The lowest BCUT2D eigenvalue weighted by Crippen LogP contribution is -2.35. The van der Waals surface area contributed by atoms with Gasteiger partial charge in [0.05, 0.1) is 18.5 Å². The number of thioether (sulfide) groups is 1. The van der Waals surface area contributed by atoms with Gasteiger partial charge in [0.1, 0.15) is 0 Å². The summed E-state index contributed by atoms with van der Waals surface area (Å²) in [6, 6.07) is 0. The van der Waals surface area contributed by atoms with Crippen molar-refractivity contribution in [2.24, 2.45) is 0 Å². The first-order valence-corrected chi connectivity index (χ1v) is 6.80. The van der Waals surface area contributed by atoms with Crippen LogP contribution in [0.5, 0.6) is 0 Å². The Morgan fingerprint density at radius 1 is 1.53 bits per heavy atom. The van der Waals surface area contributed by atoms with Crippen molar-refractivity contribution < 1.29 is 9.53 Å². The highest BCUT2D eigenvalue weighted by Gasteiger charge is 2.12. The van der Waals surface area contributed by atoms with E-state index in [2.05, 4.69) is 10.6 Å². The smallest absolute Gasteiger partial charge is 0.230 e. The van der Waals surface area contributed by atoms with E-state index in [0.717, 1.165) is 25.9 Å². The number of hydrogen-bond donors (Lipinski definition) is 2. The third-order valence-corrected chi connectivity index (χ3v) is 2.89. The first-order valence-electron chi connectivity index (χ1n) is 5.41. The first-order chi connectivity index (χ1) is 7.33. The summed E-state index contributed by atoms with van der Waals surface area (Å²) in [4.78, 5) is 11.1. The van der Waals surface area contributed by atoms with E-state index in [1.165, 1.54) is 11.8 Å². The molecule has 0 aromatic carbocycles. The fourth-order valence-corrected chi connectivity index (χ4v) is 1.92. The van der Waals surface area contributed by atoms with Gasteiger partial charge in [-0.3, -0.25) is 4.79 Å². The molecule has 88 valence electrons. The number of carbonyl (C=O) groups is 1. The molecule has 0 atom stereocenters. The molecule has 0 aliphatic carbocycles. The largest absolute Gasteiger partial charge is 0.376 e. The fourth-order valence-electron chi connectivity index (χ4n) is 1.56. The molecule has 5 heteroatoms. The molecule has 15 heavy (non-hydrogen) atoms. The molecule has 4 nitrogen and oxygen atoms in total. The Morgan fingerprint density at radius 2 is 2.27 bits per heavy atom. The molecule has 2 N–H and O–H groups in total. The van der Waals surface area contributed by atoms with Crippen molar-refractivity contribution in [1.29, 1.82) is 0 Å². The van der Waals surface area contributed by atoms with E-state index in [-0.39, 0.29) is 5.91 Å². The van der Waals surface area contributed by atoms with Gasteiger partial charge in [-0.05, 0) is 32.2 Å². The number of piperidine rings is 1. The van der Waals surface area contributed by atoms with Crippen molar-refractivity contribution in [3.8, 4) is 0 Å². The second kappa shape index (κ2) is 7.96. The quantitative estimate of drug-likeness (QED) is 0.644. The second-order valence-electron chi connectivity index (χ2n) is 3.60. The van der Waals surface area contributed by atoms with Gasteiger partial charge in [0, 0.05) is 6.54 Å². The van der Waals surface area contributed by atoms with Crippen LogP contribution in [0.15, 0.2) is 0 Å². The van der Waals surface area contributed by atoms with Crippen LogP contribution in [0.2, 0.25) is 0 Å². The minimum atomic E-state index is 0.0939. The molecule has 1 saturated heterocycles. The van der Waals surface area contributed by atoms with Gasteiger partial charge < -0.3 is 15.4 Å². The molecule has 0 unspecified atom stereocenters. The molecule has 1 amide bonds. The van der Waals surface area contributed by atoms with Crippen LogP contribution in [-0.2, 0) is 9.53 Å². The Hall–Kier alpha value is -0.260. The third-order valence-electron chi connectivity index (χ3n) is 2.34. The average Bonchev–Trinajstić information content (AvgIpc) is 2.26. The van der Waals surface area contributed by atoms with Crippen LogP contribution in [0.1, 0.15) is 12.8 Å². The lowest BCUT2D eigenvalue weighted by Gasteiger charge is -2.22. The molecule has 1 aliphatic rings. The second-order valence-corrected chi connectivity index (χ2v) is 4.47. The number of hydrogen-bond acceptors (Lipinski definition) is 4. The Kier molecular flexibility index (Phi) is 6.80. The summed E-state index contributed by atoms with van der Waals surface area (Å²) in [6.07, 6.45) is 4.46. The van der Waals surface area contributed by atoms with E-state index in [1.807, 2.05) is 6.26 Å². The van der Waals surface area contributed by atoms with Crippen LogP contribution >= 0.6 is 11.8 Å². The van der Waals surface area contributed by atoms with Crippen molar-refractivity contribution in [1.82, 2.24) is 10.6 Å². The Labute approximate surface area is 95.5 Å². The molecule has 0 bridgehead atoms. The lowest BCUT2D eigenvalue weighted by atomic mass is 10.1. The van der Waals surface area contributed by atoms with Crippen molar-refractivity contribution in [3.63, 3.8) is 0 Å². The van der Waals surface area contributed by atoms with Crippen LogP contribution in [0, 0.1) is 0 Å². The highest BCUT2D eigenvalue weighted by atomic mass is 32.2. The number of rotatable bonds is 6. The minimum absolute atomic E-state index is 0.0939. The molecule has 0 aromatic rings.